The first-order chi connectivity index (χ1) is 8.74. The standard InChI is InChI=1S/C16H12FN/c1-11-6-7-12-9-16(18-10-13(12)8-11)14-4-2-3-5-15(14)17/h2-10H,1H3. The van der Waals surface area contributed by atoms with E-state index in [2.05, 4.69) is 11.1 Å². The summed E-state index contributed by atoms with van der Waals surface area (Å²) in [4.78, 5) is 4.34. The molecule has 0 radical (unpaired) electrons. The Morgan fingerprint density at radius 1 is 0.944 bits per heavy atom. The molecule has 1 nitrogen and oxygen atoms in total. The van der Waals surface area contributed by atoms with E-state index < -0.39 is 0 Å². The van der Waals surface area contributed by atoms with Crippen LogP contribution in [0, 0.1) is 12.7 Å². The van der Waals surface area contributed by atoms with Crippen molar-refractivity contribution in [3.05, 3.63) is 66.1 Å². The third-order valence-electron chi connectivity index (χ3n) is 3.03. The number of hydrogen-bond donors (Lipinski definition) is 0. The third-order valence-corrected chi connectivity index (χ3v) is 3.03. The number of aryl methyl sites for hydroxylation is 1. The van der Waals surface area contributed by atoms with E-state index in [0.29, 0.717) is 11.3 Å². The monoisotopic (exact) mass is 237 g/mol. The minimum atomic E-state index is -0.239. The minimum absolute atomic E-state index is 0.239. The Hall–Kier alpha value is -2.22. The Labute approximate surface area is 105 Å². The summed E-state index contributed by atoms with van der Waals surface area (Å²) in [5, 5.41) is 2.16. The number of nitrogens with zero attached hydrogens (tertiary/aromatic N) is 1. The molecule has 0 saturated carbocycles. The summed E-state index contributed by atoms with van der Waals surface area (Å²) in [6.07, 6.45) is 1.80. The lowest BCUT2D eigenvalue weighted by atomic mass is 10.1. The summed E-state index contributed by atoms with van der Waals surface area (Å²) in [6.45, 7) is 2.05. The summed E-state index contributed by atoms with van der Waals surface area (Å²) in [5.41, 5.74) is 2.41. The second-order valence-corrected chi connectivity index (χ2v) is 4.40. The second kappa shape index (κ2) is 4.22. The van der Waals surface area contributed by atoms with E-state index >= 15 is 0 Å². The normalized spacial score (nSPS) is 10.8. The highest BCUT2D eigenvalue weighted by Crippen LogP contribution is 2.24. The molecule has 1 heterocycles. The maximum Gasteiger partial charge on any atom is 0.132 e. The number of benzene rings is 2. The highest BCUT2D eigenvalue weighted by atomic mass is 19.1. The molecule has 0 aliphatic carbocycles. The number of halogens is 1. The molecule has 0 amide bonds. The molecule has 3 rings (SSSR count). The number of fused-ring (bicyclic) bond motifs is 1. The van der Waals surface area contributed by atoms with E-state index in [1.165, 1.54) is 11.6 Å². The molecule has 0 spiro atoms. The Morgan fingerprint density at radius 2 is 1.78 bits per heavy atom. The van der Waals surface area contributed by atoms with E-state index in [1.54, 1.807) is 18.3 Å². The molecule has 0 atom stereocenters. The quantitative estimate of drug-likeness (QED) is 0.613. The van der Waals surface area contributed by atoms with Gasteiger partial charge in [0.1, 0.15) is 5.82 Å². The molecule has 0 aliphatic heterocycles. The van der Waals surface area contributed by atoms with Crippen LogP contribution in [0.2, 0.25) is 0 Å². The molecule has 0 unspecified atom stereocenters. The van der Waals surface area contributed by atoms with Gasteiger partial charge in [-0.1, -0.05) is 29.8 Å². The van der Waals surface area contributed by atoms with Gasteiger partial charge in [-0.3, -0.25) is 4.98 Å². The van der Waals surface area contributed by atoms with Crippen molar-refractivity contribution in [1.29, 1.82) is 0 Å². The number of aromatic nitrogens is 1. The zero-order valence-electron chi connectivity index (χ0n) is 10.0. The maximum absolute atomic E-state index is 13.7. The van der Waals surface area contributed by atoms with E-state index in [-0.39, 0.29) is 5.82 Å². The van der Waals surface area contributed by atoms with Crippen molar-refractivity contribution in [2.24, 2.45) is 0 Å². The van der Waals surface area contributed by atoms with E-state index in [0.717, 1.165) is 10.8 Å². The highest BCUT2D eigenvalue weighted by Gasteiger charge is 2.06. The molecule has 1 aromatic heterocycles. The molecule has 2 aromatic carbocycles. The van der Waals surface area contributed by atoms with Crippen molar-refractivity contribution < 1.29 is 4.39 Å². The zero-order valence-corrected chi connectivity index (χ0v) is 10.0. The lowest BCUT2D eigenvalue weighted by molar-refractivity contribution is 0.631. The predicted octanol–water partition coefficient (Wildman–Crippen LogP) is 4.35. The van der Waals surface area contributed by atoms with Crippen LogP contribution in [0.5, 0.6) is 0 Å². The van der Waals surface area contributed by atoms with Gasteiger partial charge in [0.05, 0.1) is 5.69 Å². The van der Waals surface area contributed by atoms with Gasteiger partial charge in [0.2, 0.25) is 0 Å². The summed E-state index contributed by atoms with van der Waals surface area (Å²) >= 11 is 0. The van der Waals surface area contributed by atoms with Crippen LogP contribution < -0.4 is 0 Å². The van der Waals surface area contributed by atoms with Gasteiger partial charge in [-0.15, -0.1) is 0 Å². The molecule has 0 bridgehead atoms. The topological polar surface area (TPSA) is 12.9 Å². The third kappa shape index (κ3) is 1.86. The molecule has 18 heavy (non-hydrogen) atoms. The lowest BCUT2D eigenvalue weighted by Gasteiger charge is -2.05. The van der Waals surface area contributed by atoms with Crippen LogP contribution >= 0.6 is 0 Å². The van der Waals surface area contributed by atoms with Gasteiger partial charge in [-0.2, -0.15) is 0 Å². The van der Waals surface area contributed by atoms with Gasteiger partial charge in [-0.05, 0) is 36.6 Å². The zero-order chi connectivity index (χ0) is 12.5. The molecular formula is C16H12FN. The van der Waals surface area contributed by atoms with Gasteiger partial charge >= 0.3 is 0 Å². The molecule has 0 aliphatic rings. The number of pyridine rings is 1. The van der Waals surface area contributed by atoms with Crippen molar-refractivity contribution >= 4 is 10.8 Å². The van der Waals surface area contributed by atoms with Gasteiger partial charge in [0, 0.05) is 17.1 Å². The SMILES string of the molecule is Cc1ccc2cc(-c3ccccc3F)ncc2c1. The van der Waals surface area contributed by atoms with Crippen LogP contribution in [0.25, 0.3) is 22.0 Å². The van der Waals surface area contributed by atoms with E-state index in [9.17, 15) is 4.39 Å². The van der Waals surface area contributed by atoms with Crippen LogP contribution in [0.1, 0.15) is 5.56 Å². The number of hydrogen-bond acceptors (Lipinski definition) is 1. The molecule has 88 valence electrons. The Kier molecular flexibility index (Phi) is 2.56. The first-order valence-electron chi connectivity index (χ1n) is 5.85. The first kappa shape index (κ1) is 10.9. The average Bonchev–Trinajstić information content (AvgIpc) is 2.39. The van der Waals surface area contributed by atoms with Crippen LogP contribution in [-0.4, -0.2) is 4.98 Å². The smallest absolute Gasteiger partial charge is 0.132 e. The Balaban J connectivity index is 2.20. The van der Waals surface area contributed by atoms with Crippen LogP contribution in [0.4, 0.5) is 4.39 Å². The van der Waals surface area contributed by atoms with Crippen molar-refractivity contribution in [2.75, 3.05) is 0 Å². The molecule has 0 fully saturated rings. The van der Waals surface area contributed by atoms with E-state index in [4.69, 9.17) is 0 Å². The molecular weight excluding hydrogens is 225 g/mol. The van der Waals surface area contributed by atoms with Crippen molar-refractivity contribution in [1.82, 2.24) is 4.98 Å². The van der Waals surface area contributed by atoms with Crippen molar-refractivity contribution in [3.63, 3.8) is 0 Å². The summed E-state index contributed by atoms with van der Waals surface area (Å²) in [7, 11) is 0. The van der Waals surface area contributed by atoms with E-state index in [1.807, 2.05) is 31.2 Å². The molecule has 3 aromatic rings. The molecule has 0 saturated heterocycles. The highest BCUT2D eigenvalue weighted by molar-refractivity contribution is 5.85. The molecule has 0 N–H and O–H groups in total. The Bertz CT molecular complexity index is 719. The predicted molar refractivity (Wildman–Crippen MR) is 71.9 cm³/mol. The average molecular weight is 237 g/mol. The van der Waals surface area contributed by atoms with Crippen LogP contribution in [0.15, 0.2) is 54.7 Å². The van der Waals surface area contributed by atoms with Gasteiger partial charge in [0.15, 0.2) is 0 Å². The fourth-order valence-electron chi connectivity index (χ4n) is 2.08. The summed E-state index contributed by atoms with van der Waals surface area (Å²) in [5.74, 6) is -0.239. The summed E-state index contributed by atoms with van der Waals surface area (Å²) in [6, 6.07) is 14.8. The number of rotatable bonds is 1. The van der Waals surface area contributed by atoms with Crippen molar-refractivity contribution in [3.8, 4) is 11.3 Å². The Morgan fingerprint density at radius 3 is 2.61 bits per heavy atom. The van der Waals surface area contributed by atoms with Gasteiger partial charge in [-0.25, -0.2) is 4.39 Å². The fraction of sp³-hybridized carbons (Fsp3) is 0.0625. The maximum atomic E-state index is 13.7. The summed E-state index contributed by atoms with van der Waals surface area (Å²) < 4.78 is 13.7. The fourth-order valence-corrected chi connectivity index (χ4v) is 2.08. The van der Waals surface area contributed by atoms with Crippen LogP contribution in [0.3, 0.4) is 0 Å². The van der Waals surface area contributed by atoms with Gasteiger partial charge < -0.3 is 0 Å². The van der Waals surface area contributed by atoms with Gasteiger partial charge in [0.25, 0.3) is 0 Å². The largest absolute Gasteiger partial charge is 0.255 e. The lowest BCUT2D eigenvalue weighted by Crippen LogP contribution is -1.88. The second-order valence-electron chi connectivity index (χ2n) is 4.40. The van der Waals surface area contributed by atoms with Crippen molar-refractivity contribution in [2.45, 2.75) is 6.92 Å². The molecule has 2 heteroatoms. The van der Waals surface area contributed by atoms with Crippen LogP contribution in [-0.2, 0) is 0 Å². The first-order valence-corrected chi connectivity index (χ1v) is 5.85. The minimum Gasteiger partial charge on any atom is -0.255 e.